The maximum atomic E-state index is 9.47. The summed E-state index contributed by atoms with van der Waals surface area (Å²) in [6, 6.07) is 7.38. The summed E-state index contributed by atoms with van der Waals surface area (Å²) in [6.45, 7) is 1.96. The molecule has 0 bridgehead atoms. The fraction of sp³-hybridized carbons (Fsp3) is 0.400. The van der Waals surface area contributed by atoms with Crippen molar-refractivity contribution >= 4 is 0 Å². The van der Waals surface area contributed by atoms with Gasteiger partial charge in [0.05, 0.1) is 12.7 Å². The summed E-state index contributed by atoms with van der Waals surface area (Å²) in [5, 5.41) is 18.3. The molecule has 12 heavy (non-hydrogen) atoms. The highest BCUT2D eigenvalue weighted by Crippen LogP contribution is 2.16. The molecule has 1 atom stereocenters. The first-order chi connectivity index (χ1) is 5.77. The Hall–Kier alpha value is -0.860. The summed E-state index contributed by atoms with van der Waals surface area (Å²) < 4.78 is 0. The van der Waals surface area contributed by atoms with Crippen LogP contribution in [0.15, 0.2) is 24.3 Å². The van der Waals surface area contributed by atoms with Gasteiger partial charge in [-0.15, -0.1) is 0 Å². The Balaban J connectivity index is 2.86. The summed E-state index contributed by atoms with van der Waals surface area (Å²) in [4.78, 5) is 0. The van der Waals surface area contributed by atoms with Gasteiger partial charge in [-0.1, -0.05) is 31.2 Å². The Morgan fingerprint density at radius 2 is 2.17 bits per heavy atom. The number of hydrogen-bond donors (Lipinski definition) is 2. The van der Waals surface area contributed by atoms with Gasteiger partial charge in [-0.3, -0.25) is 0 Å². The molecule has 2 nitrogen and oxygen atoms in total. The van der Waals surface area contributed by atoms with Crippen molar-refractivity contribution in [3.8, 4) is 0 Å². The molecule has 0 saturated heterocycles. The van der Waals surface area contributed by atoms with Gasteiger partial charge in [0.15, 0.2) is 0 Å². The molecule has 0 saturated carbocycles. The molecule has 1 aromatic rings. The largest absolute Gasteiger partial charge is 0.392 e. The van der Waals surface area contributed by atoms with Crippen molar-refractivity contribution in [1.82, 2.24) is 0 Å². The molecule has 0 fully saturated rings. The van der Waals surface area contributed by atoms with Crippen molar-refractivity contribution in [2.75, 3.05) is 0 Å². The number of rotatable bonds is 3. The highest BCUT2D eigenvalue weighted by Gasteiger charge is 2.03. The Morgan fingerprint density at radius 1 is 1.42 bits per heavy atom. The zero-order valence-corrected chi connectivity index (χ0v) is 7.20. The van der Waals surface area contributed by atoms with E-state index in [2.05, 4.69) is 0 Å². The Labute approximate surface area is 72.5 Å². The number of aliphatic hydroxyl groups is 2. The van der Waals surface area contributed by atoms with Gasteiger partial charge in [0.2, 0.25) is 0 Å². The second-order valence-electron chi connectivity index (χ2n) is 2.83. The van der Waals surface area contributed by atoms with E-state index in [1.54, 1.807) is 0 Å². The molecule has 0 amide bonds. The Morgan fingerprint density at radius 3 is 2.75 bits per heavy atom. The highest BCUT2D eigenvalue weighted by atomic mass is 16.3. The fourth-order valence-corrected chi connectivity index (χ4v) is 1.13. The molecule has 0 spiro atoms. The van der Waals surface area contributed by atoms with Crippen molar-refractivity contribution in [2.24, 2.45) is 0 Å². The van der Waals surface area contributed by atoms with Gasteiger partial charge in [-0.2, -0.15) is 0 Å². The van der Waals surface area contributed by atoms with Crippen LogP contribution in [-0.4, -0.2) is 10.2 Å². The predicted molar refractivity (Wildman–Crippen MR) is 47.6 cm³/mol. The molecule has 0 aliphatic rings. The smallest absolute Gasteiger partial charge is 0.0787 e. The SMILES string of the molecule is CCC(O)c1cccc(CO)c1. The molecule has 0 aromatic heterocycles. The first kappa shape index (κ1) is 9.23. The normalized spacial score (nSPS) is 12.9. The van der Waals surface area contributed by atoms with Crippen LogP contribution in [0.2, 0.25) is 0 Å². The minimum absolute atomic E-state index is 0.0320. The van der Waals surface area contributed by atoms with Crippen molar-refractivity contribution < 1.29 is 10.2 Å². The topological polar surface area (TPSA) is 40.5 Å². The molecule has 0 aliphatic heterocycles. The predicted octanol–water partition coefficient (Wildman–Crippen LogP) is 1.62. The van der Waals surface area contributed by atoms with E-state index in [1.807, 2.05) is 31.2 Å². The van der Waals surface area contributed by atoms with E-state index >= 15 is 0 Å². The van der Waals surface area contributed by atoms with E-state index in [9.17, 15) is 5.11 Å². The summed E-state index contributed by atoms with van der Waals surface area (Å²) >= 11 is 0. The average molecular weight is 166 g/mol. The van der Waals surface area contributed by atoms with Crippen LogP contribution < -0.4 is 0 Å². The van der Waals surface area contributed by atoms with Crippen molar-refractivity contribution in [3.63, 3.8) is 0 Å². The van der Waals surface area contributed by atoms with E-state index in [4.69, 9.17) is 5.11 Å². The highest BCUT2D eigenvalue weighted by molar-refractivity contribution is 5.24. The average Bonchev–Trinajstić information content (AvgIpc) is 2.17. The summed E-state index contributed by atoms with van der Waals surface area (Å²) in [7, 11) is 0. The van der Waals surface area contributed by atoms with E-state index in [-0.39, 0.29) is 6.61 Å². The summed E-state index contributed by atoms with van der Waals surface area (Å²) in [5.41, 5.74) is 1.73. The van der Waals surface area contributed by atoms with E-state index in [0.717, 1.165) is 11.1 Å². The second kappa shape index (κ2) is 4.24. The third-order valence-corrected chi connectivity index (χ3v) is 1.91. The van der Waals surface area contributed by atoms with Crippen LogP contribution in [0.1, 0.15) is 30.6 Å². The van der Waals surface area contributed by atoms with Gasteiger partial charge >= 0.3 is 0 Å². The van der Waals surface area contributed by atoms with Crippen LogP contribution in [0.5, 0.6) is 0 Å². The van der Waals surface area contributed by atoms with Crippen molar-refractivity contribution in [1.29, 1.82) is 0 Å². The number of hydrogen-bond acceptors (Lipinski definition) is 2. The maximum Gasteiger partial charge on any atom is 0.0787 e. The zero-order chi connectivity index (χ0) is 8.97. The lowest BCUT2D eigenvalue weighted by atomic mass is 10.0. The molecule has 1 unspecified atom stereocenters. The minimum atomic E-state index is -0.406. The van der Waals surface area contributed by atoms with Crippen LogP contribution in [-0.2, 0) is 6.61 Å². The third kappa shape index (κ3) is 2.06. The second-order valence-corrected chi connectivity index (χ2v) is 2.83. The Kier molecular flexibility index (Phi) is 3.26. The molecule has 0 heterocycles. The van der Waals surface area contributed by atoms with Crippen LogP contribution in [0, 0.1) is 0 Å². The third-order valence-electron chi connectivity index (χ3n) is 1.91. The van der Waals surface area contributed by atoms with E-state index in [1.165, 1.54) is 0 Å². The van der Waals surface area contributed by atoms with Gasteiger partial charge in [-0.05, 0) is 17.5 Å². The molecule has 2 N–H and O–H groups in total. The minimum Gasteiger partial charge on any atom is -0.392 e. The zero-order valence-electron chi connectivity index (χ0n) is 7.20. The van der Waals surface area contributed by atoms with Crippen molar-refractivity contribution in [3.05, 3.63) is 35.4 Å². The molecular formula is C10H14O2. The first-order valence-electron chi connectivity index (χ1n) is 4.15. The summed E-state index contributed by atoms with van der Waals surface area (Å²) in [6.07, 6.45) is 0.297. The quantitative estimate of drug-likeness (QED) is 0.716. The molecule has 66 valence electrons. The molecule has 1 aromatic carbocycles. The molecule has 2 heteroatoms. The van der Waals surface area contributed by atoms with Gasteiger partial charge in [0.25, 0.3) is 0 Å². The maximum absolute atomic E-state index is 9.47. The van der Waals surface area contributed by atoms with Crippen LogP contribution in [0.4, 0.5) is 0 Å². The lowest BCUT2D eigenvalue weighted by Gasteiger charge is -2.08. The van der Waals surface area contributed by atoms with Gasteiger partial charge in [0, 0.05) is 0 Å². The summed E-state index contributed by atoms with van der Waals surface area (Å²) in [5.74, 6) is 0. The monoisotopic (exact) mass is 166 g/mol. The van der Waals surface area contributed by atoms with Crippen LogP contribution >= 0.6 is 0 Å². The number of aliphatic hydroxyl groups excluding tert-OH is 2. The number of benzene rings is 1. The van der Waals surface area contributed by atoms with Crippen LogP contribution in [0.25, 0.3) is 0 Å². The lowest BCUT2D eigenvalue weighted by molar-refractivity contribution is 0.173. The van der Waals surface area contributed by atoms with Gasteiger partial charge in [0.1, 0.15) is 0 Å². The van der Waals surface area contributed by atoms with Gasteiger partial charge < -0.3 is 10.2 Å². The van der Waals surface area contributed by atoms with Gasteiger partial charge in [-0.25, -0.2) is 0 Å². The Bertz CT molecular complexity index is 245. The molecule has 0 aliphatic carbocycles. The van der Waals surface area contributed by atoms with Crippen molar-refractivity contribution in [2.45, 2.75) is 26.1 Å². The fourth-order valence-electron chi connectivity index (χ4n) is 1.13. The van der Waals surface area contributed by atoms with Crippen LogP contribution in [0.3, 0.4) is 0 Å². The first-order valence-corrected chi connectivity index (χ1v) is 4.15. The lowest BCUT2D eigenvalue weighted by Crippen LogP contribution is -1.96. The standard InChI is InChI=1S/C10H14O2/c1-2-10(12)9-5-3-4-8(6-9)7-11/h3-6,10-12H,2,7H2,1H3. The van der Waals surface area contributed by atoms with E-state index in [0.29, 0.717) is 6.42 Å². The van der Waals surface area contributed by atoms with E-state index < -0.39 is 6.10 Å². The molecular weight excluding hydrogens is 152 g/mol. The molecule has 1 rings (SSSR count). The molecule has 0 radical (unpaired) electrons.